The highest BCUT2D eigenvalue weighted by Gasteiger charge is 2.24. The summed E-state index contributed by atoms with van der Waals surface area (Å²) >= 11 is 3.41. The van der Waals surface area contributed by atoms with Crippen molar-refractivity contribution in [2.75, 3.05) is 0 Å². The van der Waals surface area contributed by atoms with Crippen LogP contribution in [0.1, 0.15) is 37.8 Å². The first-order valence-corrected chi connectivity index (χ1v) is 6.81. The van der Waals surface area contributed by atoms with Gasteiger partial charge < -0.3 is 10.6 Å². The van der Waals surface area contributed by atoms with E-state index in [2.05, 4.69) is 33.5 Å². The second kappa shape index (κ2) is 5.54. The lowest BCUT2D eigenvalue weighted by Gasteiger charge is -2.18. The van der Waals surface area contributed by atoms with Gasteiger partial charge in [0.05, 0.1) is 6.04 Å². The zero-order valence-corrected chi connectivity index (χ0v) is 11.5. The Hall–Kier alpha value is -1.03. The Kier molecular flexibility index (Phi) is 4.05. The Morgan fingerprint density at radius 1 is 1.41 bits per heavy atom. The first kappa shape index (κ1) is 12.4. The zero-order valence-electron chi connectivity index (χ0n) is 9.87. The number of rotatable bonds is 4. The first-order valence-electron chi connectivity index (χ1n) is 6.01. The summed E-state index contributed by atoms with van der Waals surface area (Å²) in [7, 11) is 0. The lowest BCUT2D eigenvalue weighted by molar-refractivity contribution is 0.236. The molecule has 2 amide bonds. The molecule has 1 aliphatic carbocycles. The number of halogens is 1. The molecule has 4 heteroatoms. The molecular weight excluding hydrogens is 280 g/mol. The monoisotopic (exact) mass is 296 g/mol. The number of hydrogen-bond donors (Lipinski definition) is 2. The molecule has 92 valence electrons. The molecule has 1 aliphatic rings. The van der Waals surface area contributed by atoms with Crippen LogP contribution in [0.25, 0.3) is 0 Å². The van der Waals surface area contributed by atoms with E-state index < -0.39 is 0 Å². The second-order valence-corrected chi connectivity index (χ2v) is 5.32. The number of benzene rings is 1. The second-order valence-electron chi connectivity index (χ2n) is 4.40. The summed E-state index contributed by atoms with van der Waals surface area (Å²) in [4.78, 5) is 11.7. The molecule has 1 saturated carbocycles. The van der Waals surface area contributed by atoms with Gasteiger partial charge in [-0.3, -0.25) is 0 Å². The highest BCUT2D eigenvalue weighted by atomic mass is 79.9. The van der Waals surface area contributed by atoms with Crippen molar-refractivity contribution >= 4 is 22.0 Å². The maximum absolute atomic E-state index is 11.7. The minimum atomic E-state index is -0.0535. The van der Waals surface area contributed by atoms with E-state index in [4.69, 9.17) is 0 Å². The average molecular weight is 297 g/mol. The van der Waals surface area contributed by atoms with Gasteiger partial charge in [-0.25, -0.2) is 4.79 Å². The van der Waals surface area contributed by atoms with Gasteiger partial charge in [0.25, 0.3) is 0 Å². The van der Waals surface area contributed by atoms with Crippen molar-refractivity contribution in [3.05, 3.63) is 34.3 Å². The minimum absolute atomic E-state index is 0.0535. The van der Waals surface area contributed by atoms with Gasteiger partial charge in [0.15, 0.2) is 0 Å². The summed E-state index contributed by atoms with van der Waals surface area (Å²) in [5.74, 6) is 0. The molecule has 3 nitrogen and oxygen atoms in total. The predicted octanol–water partition coefficient (Wildman–Crippen LogP) is 3.36. The summed E-state index contributed by atoms with van der Waals surface area (Å²) in [6.07, 6.45) is 3.12. The van der Waals surface area contributed by atoms with E-state index in [9.17, 15) is 4.79 Å². The third kappa shape index (κ3) is 3.73. The van der Waals surface area contributed by atoms with Gasteiger partial charge in [0.1, 0.15) is 0 Å². The molecule has 1 fully saturated rings. The van der Waals surface area contributed by atoms with E-state index >= 15 is 0 Å². The van der Waals surface area contributed by atoms with Crippen molar-refractivity contribution in [3.8, 4) is 0 Å². The molecule has 0 bridgehead atoms. The van der Waals surface area contributed by atoms with Gasteiger partial charge in [-0.05, 0) is 37.0 Å². The molecule has 2 N–H and O–H groups in total. The van der Waals surface area contributed by atoms with Gasteiger partial charge in [0, 0.05) is 10.5 Å². The molecule has 0 aromatic heterocycles. The lowest BCUT2D eigenvalue weighted by atomic mass is 10.1. The maximum Gasteiger partial charge on any atom is 0.315 e. The van der Waals surface area contributed by atoms with Crippen LogP contribution in [0.2, 0.25) is 0 Å². The SMILES string of the molecule is CCC(NC(=O)NC1CC1)c1ccc(Br)cc1. The molecular formula is C13H17BrN2O. The van der Waals surface area contributed by atoms with Crippen molar-refractivity contribution in [1.29, 1.82) is 0 Å². The largest absolute Gasteiger partial charge is 0.335 e. The summed E-state index contributed by atoms with van der Waals surface area (Å²) < 4.78 is 1.05. The molecule has 1 unspecified atom stereocenters. The van der Waals surface area contributed by atoms with E-state index in [1.165, 1.54) is 0 Å². The smallest absolute Gasteiger partial charge is 0.315 e. The molecule has 1 aromatic rings. The Bertz CT molecular complexity index is 387. The Morgan fingerprint density at radius 3 is 2.59 bits per heavy atom. The molecule has 0 saturated heterocycles. The van der Waals surface area contributed by atoms with Crippen LogP contribution in [0.3, 0.4) is 0 Å². The van der Waals surface area contributed by atoms with Crippen LogP contribution in [-0.2, 0) is 0 Å². The molecule has 2 rings (SSSR count). The Labute approximate surface area is 110 Å². The number of nitrogens with one attached hydrogen (secondary N) is 2. The molecule has 1 atom stereocenters. The van der Waals surface area contributed by atoms with E-state index in [0.29, 0.717) is 6.04 Å². The van der Waals surface area contributed by atoms with Gasteiger partial charge in [-0.15, -0.1) is 0 Å². The third-order valence-corrected chi connectivity index (χ3v) is 3.43. The summed E-state index contributed by atoms with van der Waals surface area (Å²) in [5.41, 5.74) is 1.14. The number of carbonyl (C=O) groups excluding carboxylic acids is 1. The van der Waals surface area contributed by atoms with Crippen LogP contribution in [0.5, 0.6) is 0 Å². The molecule has 0 spiro atoms. The van der Waals surface area contributed by atoms with Crippen molar-refractivity contribution in [2.24, 2.45) is 0 Å². The van der Waals surface area contributed by atoms with E-state index in [1.807, 2.05) is 24.3 Å². The predicted molar refractivity (Wildman–Crippen MR) is 71.9 cm³/mol. The van der Waals surface area contributed by atoms with Gasteiger partial charge in [0.2, 0.25) is 0 Å². The van der Waals surface area contributed by atoms with Crippen molar-refractivity contribution in [1.82, 2.24) is 10.6 Å². The summed E-state index contributed by atoms with van der Waals surface area (Å²) in [6.45, 7) is 2.07. The highest BCUT2D eigenvalue weighted by Crippen LogP contribution is 2.21. The number of amides is 2. The average Bonchev–Trinajstić information content (AvgIpc) is 3.11. The standard InChI is InChI=1S/C13H17BrN2O/c1-2-12(9-3-5-10(14)6-4-9)16-13(17)15-11-7-8-11/h3-6,11-12H,2,7-8H2,1H3,(H2,15,16,17). The molecule has 0 heterocycles. The minimum Gasteiger partial charge on any atom is -0.335 e. The number of hydrogen-bond acceptors (Lipinski definition) is 1. The van der Waals surface area contributed by atoms with Crippen molar-refractivity contribution in [2.45, 2.75) is 38.3 Å². The quantitative estimate of drug-likeness (QED) is 0.879. The molecule has 17 heavy (non-hydrogen) atoms. The molecule has 1 aromatic carbocycles. The van der Waals surface area contributed by atoms with E-state index in [0.717, 1.165) is 29.3 Å². The number of urea groups is 1. The highest BCUT2D eigenvalue weighted by molar-refractivity contribution is 9.10. The fourth-order valence-corrected chi connectivity index (χ4v) is 1.99. The maximum atomic E-state index is 11.7. The topological polar surface area (TPSA) is 41.1 Å². The molecule has 0 radical (unpaired) electrons. The van der Waals surface area contributed by atoms with E-state index in [-0.39, 0.29) is 12.1 Å². The summed E-state index contributed by atoms with van der Waals surface area (Å²) in [5, 5.41) is 5.95. The third-order valence-electron chi connectivity index (χ3n) is 2.90. The zero-order chi connectivity index (χ0) is 12.3. The van der Waals surface area contributed by atoms with Crippen LogP contribution in [0, 0.1) is 0 Å². The van der Waals surface area contributed by atoms with Gasteiger partial charge in [-0.2, -0.15) is 0 Å². The first-order chi connectivity index (χ1) is 8.19. The summed E-state index contributed by atoms with van der Waals surface area (Å²) in [6, 6.07) is 8.50. The fourth-order valence-electron chi connectivity index (χ4n) is 1.73. The number of carbonyl (C=O) groups is 1. The van der Waals surface area contributed by atoms with Crippen LogP contribution >= 0.6 is 15.9 Å². The Morgan fingerprint density at radius 2 is 2.06 bits per heavy atom. The Balaban J connectivity index is 1.94. The van der Waals surface area contributed by atoms with Gasteiger partial charge in [-0.1, -0.05) is 35.0 Å². The normalized spacial score (nSPS) is 16.4. The van der Waals surface area contributed by atoms with Crippen molar-refractivity contribution in [3.63, 3.8) is 0 Å². The van der Waals surface area contributed by atoms with Crippen LogP contribution in [-0.4, -0.2) is 12.1 Å². The van der Waals surface area contributed by atoms with Crippen LogP contribution in [0.15, 0.2) is 28.7 Å². The fraction of sp³-hybridized carbons (Fsp3) is 0.462. The van der Waals surface area contributed by atoms with Crippen molar-refractivity contribution < 1.29 is 4.79 Å². The van der Waals surface area contributed by atoms with Crippen LogP contribution < -0.4 is 10.6 Å². The van der Waals surface area contributed by atoms with Crippen LogP contribution in [0.4, 0.5) is 4.79 Å². The van der Waals surface area contributed by atoms with E-state index in [1.54, 1.807) is 0 Å². The lowest BCUT2D eigenvalue weighted by Crippen LogP contribution is -2.38. The molecule has 0 aliphatic heterocycles. The van der Waals surface area contributed by atoms with Gasteiger partial charge >= 0.3 is 6.03 Å².